The van der Waals surface area contributed by atoms with Gasteiger partial charge in [0.1, 0.15) is 11.6 Å². The highest BCUT2D eigenvalue weighted by atomic mass is 16.6. The lowest BCUT2D eigenvalue weighted by molar-refractivity contribution is -0.384. The van der Waals surface area contributed by atoms with Crippen LogP contribution in [0.5, 0.6) is 0 Å². The zero-order chi connectivity index (χ0) is 22.1. The van der Waals surface area contributed by atoms with Crippen molar-refractivity contribution in [3.05, 3.63) is 57.8 Å². The highest BCUT2D eigenvalue weighted by Gasteiger charge is 2.31. The van der Waals surface area contributed by atoms with E-state index in [9.17, 15) is 10.1 Å². The molecule has 1 saturated heterocycles. The van der Waals surface area contributed by atoms with Crippen molar-refractivity contribution >= 4 is 11.5 Å². The molecule has 0 spiro atoms. The van der Waals surface area contributed by atoms with E-state index in [1.807, 2.05) is 0 Å². The maximum Gasteiger partial charge on any atom is 0.269 e. The summed E-state index contributed by atoms with van der Waals surface area (Å²) in [6, 6.07) is 8.67. The average molecular weight is 434 g/mol. The second-order valence-corrected chi connectivity index (χ2v) is 8.49. The van der Waals surface area contributed by atoms with Gasteiger partial charge in [0.05, 0.1) is 11.0 Å². The number of aryl methyl sites for hydroxylation is 2. The molecule has 1 aromatic carbocycles. The molecule has 4 heterocycles. The summed E-state index contributed by atoms with van der Waals surface area (Å²) in [7, 11) is 0. The van der Waals surface area contributed by atoms with E-state index in [0.29, 0.717) is 5.82 Å². The number of piperidine rings is 1. The summed E-state index contributed by atoms with van der Waals surface area (Å²) in [5, 5.41) is 20.1. The van der Waals surface area contributed by atoms with Crippen LogP contribution in [0.15, 0.2) is 30.3 Å². The second-order valence-electron chi connectivity index (χ2n) is 8.49. The Balaban J connectivity index is 1.53. The van der Waals surface area contributed by atoms with Crippen LogP contribution < -0.4 is 4.90 Å². The maximum absolute atomic E-state index is 11.0. The minimum atomic E-state index is -0.393. The van der Waals surface area contributed by atoms with Crippen molar-refractivity contribution < 1.29 is 4.92 Å². The molecular weight excluding hydrogens is 406 g/mol. The van der Waals surface area contributed by atoms with Crippen LogP contribution in [0.3, 0.4) is 0 Å². The van der Waals surface area contributed by atoms with E-state index in [0.717, 1.165) is 73.9 Å². The van der Waals surface area contributed by atoms with Crippen molar-refractivity contribution in [1.29, 1.82) is 0 Å². The Kier molecular flexibility index (Phi) is 5.55. The molecule has 32 heavy (non-hydrogen) atoms. The first-order valence-electron chi connectivity index (χ1n) is 11.5. The van der Waals surface area contributed by atoms with Crippen LogP contribution in [0.4, 0.5) is 11.5 Å². The molecule has 1 fully saturated rings. The van der Waals surface area contributed by atoms with Gasteiger partial charge in [-0.05, 0) is 50.7 Å². The van der Waals surface area contributed by atoms with Crippen LogP contribution in [-0.4, -0.2) is 36.2 Å². The normalized spacial score (nSPS) is 18.4. The highest BCUT2D eigenvalue weighted by Crippen LogP contribution is 2.35. The zero-order valence-corrected chi connectivity index (χ0v) is 18.3. The van der Waals surface area contributed by atoms with E-state index < -0.39 is 4.92 Å². The first kappa shape index (κ1) is 20.5. The molecule has 0 N–H and O–H groups in total. The summed E-state index contributed by atoms with van der Waals surface area (Å²) in [6.45, 7) is 3.97. The molecule has 0 radical (unpaired) electrons. The van der Waals surface area contributed by atoms with Gasteiger partial charge in [0, 0.05) is 49.0 Å². The molecule has 166 valence electrons. The predicted molar refractivity (Wildman–Crippen MR) is 120 cm³/mol. The van der Waals surface area contributed by atoms with E-state index in [-0.39, 0.29) is 11.7 Å². The molecule has 0 saturated carbocycles. The highest BCUT2D eigenvalue weighted by molar-refractivity contribution is 5.60. The van der Waals surface area contributed by atoms with Gasteiger partial charge in [-0.3, -0.25) is 10.1 Å². The molecule has 0 bridgehead atoms. The van der Waals surface area contributed by atoms with Crippen molar-refractivity contribution in [3.8, 4) is 11.4 Å². The monoisotopic (exact) mass is 433 g/mol. The summed E-state index contributed by atoms with van der Waals surface area (Å²) >= 11 is 0. The molecule has 5 rings (SSSR count). The fourth-order valence-electron chi connectivity index (χ4n) is 4.72. The summed E-state index contributed by atoms with van der Waals surface area (Å²) in [4.78, 5) is 22.6. The largest absolute Gasteiger partial charge is 0.346 e. The van der Waals surface area contributed by atoms with Gasteiger partial charge >= 0.3 is 0 Å². The Morgan fingerprint density at radius 1 is 1.06 bits per heavy atom. The lowest BCUT2D eigenvalue weighted by atomic mass is 10.0. The van der Waals surface area contributed by atoms with Crippen LogP contribution in [0.1, 0.15) is 62.4 Å². The fourth-order valence-corrected chi connectivity index (χ4v) is 4.72. The van der Waals surface area contributed by atoms with Gasteiger partial charge in [-0.15, -0.1) is 10.2 Å². The lowest BCUT2D eigenvalue weighted by Crippen LogP contribution is -2.36. The summed E-state index contributed by atoms with van der Waals surface area (Å²) in [5.41, 5.74) is 1.80. The third kappa shape index (κ3) is 3.83. The van der Waals surface area contributed by atoms with E-state index in [1.165, 1.54) is 25.0 Å². The number of hydrogen-bond donors (Lipinski definition) is 0. The van der Waals surface area contributed by atoms with Crippen LogP contribution in [0.25, 0.3) is 11.4 Å². The molecule has 2 aliphatic rings. The quantitative estimate of drug-likeness (QED) is 0.437. The van der Waals surface area contributed by atoms with Gasteiger partial charge in [0.2, 0.25) is 0 Å². The van der Waals surface area contributed by atoms with Crippen molar-refractivity contribution in [1.82, 2.24) is 24.7 Å². The Labute approximate surface area is 186 Å². The topological polar surface area (TPSA) is 103 Å². The van der Waals surface area contributed by atoms with Crippen molar-refractivity contribution in [2.45, 2.75) is 64.5 Å². The molecule has 2 aromatic heterocycles. The standard InChI is InChI=1S/C23H27N7O2/c1-2-17-15-21(25-22(24-17)16-9-11-18(12-10-16)30(31)32)28-13-5-3-7-19(28)23-27-26-20-8-4-6-14-29(20)23/h9-12,15,19H,2-8,13-14H2,1H3. The van der Waals surface area contributed by atoms with Crippen molar-refractivity contribution in [2.75, 3.05) is 11.4 Å². The Morgan fingerprint density at radius 3 is 2.66 bits per heavy atom. The fraction of sp³-hybridized carbons (Fsp3) is 0.478. The number of nitrogens with zero attached hydrogens (tertiary/aromatic N) is 7. The molecule has 0 aliphatic carbocycles. The Bertz CT molecular complexity index is 1130. The molecule has 1 atom stereocenters. The van der Waals surface area contributed by atoms with Crippen LogP contribution >= 0.6 is 0 Å². The number of non-ortho nitro benzene ring substituents is 1. The SMILES string of the molecule is CCc1cc(N2CCCCC2c2nnc3n2CCCC3)nc(-c2ccc([N+](=O)[O-])cc2)n1. The summed E-state index contributed by atoms with van der Waals surface area (Å²) < 4.78 is 2.31. The molecule has 0 amide bonds. The van der Waals surface area contributed by atoms with E-state index in [1.54, 1.807) is 12.1 Å². The maximum atomic E-state index is 11.0. The molecule has 3 aromatic rings. The summed E-state index contributed by atoms with van der Waals surface area (Å²) in [5.74, 6) is 3.64. The third-order valence-electron chi connectivity index (χ3n) is 6.45. The van der Waals surface area contributed by atoms with Gasteiger partial charge in [0.25, 0.3) is 5.69 Å². The van der Waals surface area contributed by atoms with Gasteiger partial charge in [-0.25, -0.2) is 9.97 Å². The number of aromatic nitrogens is 5. The minimum absolute atomic E-state index is 0.0632. The molecule has 1 unspecified atom stereocenters. The van der Waals surface area contributed by atoms with Crippen molar-refractivity contribution in [2.24, 2.45) is 0 Å². The number of hydrogen-bond acceptors (Lipinski definition) is 7. The smallest absolute Gasteiger partial charge is 0.269 e. The van der Waals surface area contributed by atoms with Gasteiger partial charge in [-0.2, -0.15) is 0 Å². The molecule has 9 heteroatoms. The zero-order valence-electron chi connectivity index (χ0n) is 18.3. The first-order valence-corrected chi connectivity index (χ1v) is 11.5. The van der Waals surface area contributed by atoms with Gasteiger partial charge in [-0.1, -0.05) is 6.92 Å². The molecule has 9 nitrogen and oxygen atoms in total. The second kappa shape index (κ2) is 8.64. The van der Waals surface area contributed by atoms with Crippen molar-refractivity contribution in [3.63, 3.8) is 0 Å². The number of fused-ring (bicyclic) bond motifs is 1. The molecular formula is C23H27N7O2. The van der Waals surface area contributed by atoms with E-state index in [2.05, 4.69) is 32.7 Å². The van der Waals surface area contributed by atoms with Crippen LogP contribution in [0, 0.1) is 10.1 Å². The van der Waals surface area contributed by atoms with E-state index in [4.69, 9.17) is 9.97 Å². The van der Waals surface area contributed by atoms with Gasteiger partial charge in [0.15, 0.2) is 11.6 Å². The predicted octanol–water partition coefficient (Wildman–Crippen LogP) is 4.27. The lowest BCUT2D eigenvalue weighted by Gasteiger charge is -2.36. The minimum Gasteiger partial charge on any atom is -0.346 e. The molecule has 2 aliphatic heterocycles. The third-order valence-corrected chi connectivity index (χ3v) is 6.45. The van der Waals surface area contributed by atoms with E-state index >= 15 is 0 Å². The number of benzene rings is 1. The average Bonchev–Trinajstić information content (AvgIpc) is 3.28. The summed E-state index contributed by atoms with van der Waals surface area (Å²) in [6.07, 6.45) is 7.42. The number of nitro benzene ring substituents is 1. The first-order chi connectivity index (χ1) is 15.6. The van der Waals surface area contributed by atoms with Crippen LogP contribution in [0.2, 0.25) is 0 Å². The Hall–Kier alpha value is -3.36. The number of rotatable bonds is 5. The van der Waals surface area contributed by atoms with Crippen LogP contribution in [-0.2, 0) is 19.4 Å². The Morgan fingerprint density at radius 2 is 1.88 bits per heavy atom. The number of anilines is 1. The number of nitro groups is 1. The van der Waals surface area contributed by atoms with Gasteiger partial charge < -0.3 is 9.47 Å².